The van der Waals surface area contributed by atoms with Gasteiger partial charge in [0.25, 0.3) is 0 Å². The zero-order valence-electron chi connectivity index (χ0n) is 10.9. The van der Waals surface area contributed by atoms with Crippen molar-refractivity contribution in [2.24, 2.45) is 5.92 Å². The van der Waals surface area contributed by atoms with Crippen LogP contribution in [0, 0.1) is 5.92 Å². The van der Waals surface area contributed by atoms with Crippen LogP contribution in [0.2, 0.25) is 0 Å². The maximum atomic E-state index is 10.8. The van der Waals surface area contributed by atoms with E-state index < -0.39 is 0 Å². The Labute approximate surface area is 100 Å². The SMILES string of the molecule is CN(C)C1(C(O)C2CCCCC2)CCCC1. The van der Waals surface area contributed by atoms with Crippen LogP contribution in [0.5, 0.6) is 0 Å². The fourth-order valence-corrected chi connectivity index (χ4v) is 3.88. The number of aliphatic hydroxyl groups excluding tert-OH is 1. The zero-order valence-corrected chi connectivity index (χ0v) is 10.9. The van der Waals surface area contributed by atoms with Crippen LogP contribution >= 0.6 is 0 Å². The van der Waals surface area contributed by atoms with Crippen molar-refractivity contribution in [2.45, 2.75) is 69.4 Å². The Morgan fingerprint density at radius 1 is 1.00 bits per heavy atom. The van der Waals surface area contributed by atoms with Crippen LogP contribution < -0.4 is 0 Å². The molecule has 1 N–H and O–H groups in total. The van der Waals surface area contributed by atoms with Crippen molar-refractivity contribution in [1.29, 1.82) is 0 Å². The molecule has 2 nitrogen and oxygen atoms in total. The minimum absolute atomic E-state index is 0.0923. The van der Waals surface area contributed by atoms with Crippen molar-refractivity contribution in [1.82, 2.24) is 4.90 Å². The van der Waals surface area contributed by atoms with Crippen LogP contribution in [0.15, 0.2) is 0 Å². The second kappa shape index (κ2) is 5.05. The average molecular weight is 225 g/mol. The molecule has 0 spiro atoms. The van der Waals surface area contributed by atoms with E-state index in [9.17, 15) is 5.11 Å². The van der Waals surface area contributed by atoms with Gasteiger partial charge in [0.1, 0.15) is 0 Å². The Bertz CT molecular complexity index is 215. The Kier molecular flexibility index (Phi) is 3.91. The van der Waals surface area contributed by atoms with E-state index in [0.717, 1.165) is 0 Å². The predicted molar refractivity (Wildman–Crippen MR) is 67.5 cm³/mol. The molecule has 2 aliphatic rings. The summed E-state index contributed by atoms with van der Waals surface area (Å²) in [4.78, 5) is 2.30. The first kappa shape index (κ1) is 12.4. The van der Waals surface area contributed by atoms with Crippen LogP contribution in [0.25, 0.3) is 0 Å². The van der Waals surface area contributed by atoms with E-state index in [2.05, 4.69) is 19.0 Å². The third-order valence-electron chi connectivity index (χ3n) is 5.01. The lowest BCUT2D eigenvalue weighted by molar-refractivity contribution is -0.0475. The van der Waals surface area contributed by atoms with Crippen molar-refractivity contribution >= 4 is 0 Å². The molecule has 2 saturated carbocycles. The van der Waals surface area contributed by atoms with E-state index in [4.69, 9.17) is 0 Å². The fourth-order valence-electron chi connectivity index (χ4n) is 3.88. The summed E-state index contributed by atoms with van der Waals surface area (Å²) >= 11 is 0. The van der Waals surface area contributed by atoms with Gasteiger partial charge in [0.2, 0.25) is 0 Å². The molecule has 0 bridgehead atoms. The standard InChI is InChI=1S/C14H27NO/c1-15(2)14(10-6-7-11-14)13(16)12-8-4-3-5-9-12/h12-13,16H,3-11H2,1-2H3. The van der Waals surface area contributed by atoms with Crippen LogP contribution in [0.4, 0.5) is 0 Å². The first-order valence-electron chi connectivity index (χ1n) is 7.02. The van der Waals surface area contributed by atoms with Gasteiger partial charge in [0, 0.05) is 5.54 Å². The van der Waals surface area contributed by atoms with E-state index >= 15 is 0 Å². The Hall–Kier alpha value is -0.0800. The maximum Gasteiger partial charge on any atom is 0.0751 e. The summed E-state index contributed by atoms with van der Waals surface area (Å²) in [6, 6.07) is 0. The molecule has 2 fully saturated rings. The number of nitrogens with zero attached hydrogens (tertiary/aromatic N) is 1. The van der Waals surface area contributed by atoms with E-state index in [-0.39, 0.29) is 11.6 Å². The van der Waals surface area contributed by atoms with Crippen LogP contribution in [0.1, 0.15) is 57.8 Å². The molecule has 1 unspecified atom stereocenters. The normalized spacial score (nSPS) is 28.5. The first-order valence-corrected chi connectivity index (χ1v) is 7.02. The highest BCUT2D eigenvalue weighted by Crippen LogP contribution is 2.42. The topological polar surface area (TPSA) is 23.5 Å². The summed E-state index contributed by atoms with van der Waals surface area (Å²) in [6.45, 7) is 0. The summed E-state index contributed by atoms with van der Waals surface area (Å²) in [5.74, 6) is 0.564. The summed E-state index contributed by atoms with van der Waals surface area (Å²) in [5, 5.41) is 10.8. The second-order valence-electron chi connectivity index (χ2n) is 6.05. The molecular formula is C14H27NO. The molecule has 0 aromatic heterocycles. The van der Waals surface area contributed by atoms with E-state index in [1.807, 2.05) is 0 Å². The van der Waals surface area contributed by atoms with Crippen LogP contribution in [-0.4, -0.2) is 35.7 Å². The van der Waals surface area contributed by atoms with Crippen LogP contribution in [0.3, 0.4) is 0 Å². The van der Waals surface area contributed by atoms with Gasteiger partial charge in [-0.15, -0.1) is 0 Å². The smallest absolute Gasteiger partial charge is 0.0751 e. The molecular weight excluding hydrogens is 198 g/mol. The number of hydrogen-bond donors (Lipinski definition) is 1. The molecule has 16 heavy (non-hydrogen) atoms. The third-order valence-corrected chi connectivity index (χ3v) is 5.01. The molecule has 0 aliphatic heterocycles. The van der Waals surface area contributed by atoms with Crippen LogP contribution in [-0.2, 0) is 0 Å². The number of hydrogen-bond acceptors (Lipinski definition) is 2. The van der Waals surface area contributed by atoms with E-state index in [1.54, 1.807) is 0 Å². The first-order chi connectivity index (χ1) is 7.67. The van der Waals surface area contributed by atoms with Gasteiger partial charge < -0.3 is 10.0 Å². The lowest BCUT2D eigenvalue weighted by Gasteiger charge is -2.44. The van der Waals surface area contributed by atoms with Gasteiger partial charge in [-0.25, -0.2) is 0 Å². The molecule has 94 valence electrons. The van der Waals surface area contributed by atoms with Crippen molar-refractivity contribution in [3.8, 4) is 0 Å². The molecule has 2 rings (SSSR count). The molecule has 0 radical (unpaired) electrons. The monoisotopic (exact) mass is 225 g/mol. The molecule has 1 atom stereocenters. The summed E-state index contributed by atoms with van der Waals surface area (Å²) in [7, 11) is 4.30. The Morgan fingerprint density at radius 3 is 2.06 bits per heavy atom. The fraction of sp³-hybridized carbons (Fsp3) is 1.00. The summed E-state index contributed by atoms with van der Waals surface area (Å²) in [5.41, 5.74) is 0.0992. The van der Waals surface area contributed by atoms with E-state index in [1.165, 1.54) is 57.8 Å². The lowest BCUT2D eigenvalue weighted by atomic mass is 9.75. The quantitative estimate of drug-likeness (QED) is 0.798. The average Bonchev–Trinajstić information content (AvgIpc) is 2.79. The molecule has 2 heteroatoms. The molecule has 0 aromatic rings. The number of likely N-dealkylation sites (N-methyl/N-ethyl adjacent to an activating group) is 1. The lowest BCUT2D eigenvalue weighted by Crippen LogP contribution is -2.54. The minimum Gasteiger partial charge on any atom is -0.391 e. The molecule has 0 heterocycles. The van der Waals surface area contributed by atoms with Gasteiger partial charge in [-0.3, -0.25) is 0 Å². The molecule has 0 aromatic carbocycles. The van der Waals surface area contributed by atoms with Crippen molar-refractivity contribution < 1.29 is 5.11 Å². The minimum atomic E-state index is -0.0923. The predicted octanol–water partition coefficient (Wildman–Crippen LogP) is 2.80. The van der Waals surface area contributed by atoms with Crippen molar-refractivity contribution in [3.05, 3.63) is 0 Å². The third kappa shape index (κ3) is 2.14. The van der Waals surface area contributed by atoms with Gasteiger partial charge in [-0.05, 0) is 45.7 Å². The highest BCUT2D eigenvalue weighted by Gasteiger charge is 2.45. The summed E-state index contributed by atoms with van der Waals surface area (Å²) < 4.78 is 0. The number of aliphatic hydroxyl groups is 1. The zero-order chi connectivity index (χ0) is 11.6. The number of rotatable bonds is 3. The summed E-state index contributed by atoms with van der Waals surface area (Å²) in [6.07, 6.45) is 11.4. The Balaban J connectivity index is 2.07. The van der Waals surface area contributed by atoms with E-state index in [0.29, 0.717) is 5.92 Å². The molecule has 0 amide bonds. The van der Waals surface area contributed by atoms with Crippen molar-refractivity contribution in [3.63, 3.8) is 0 Å². The van der Waals surface area contributed by atoms with Gasteiger partial charge in [-0.1, -0.05) is 32.1 Å². The Morgan fingerprint density at radius 2 is 1.56 bits per heavy atom. The molecule has 2 aliphatic carbocycles. The highest BCUT2D eigenvalue weighted by atomic mass is 16.3. The largest absolute Gasteiger partial charge is 0.391 e. The van der Waals surface area contributed by atoms with Gasteiger partial charge in [-0.2, -0.15) is 0 Å². The maximum absolute atomic E-state index is 10.8. The van der Waals surface area contributed by atoms with Gasteiger partial charge >= 0.3 is 0 Å². The van der Waals surface area contributed by atoms with Gasteiger partial charge in [0.05, 0.1) is 6.10 Å². The highest BCUT2D eigenvalue weighted by molar-refractivity contribution is 5.01. The van der Waals surface area contributed by atoms with Gasteiger partial charge in [0.15, 0.2) is 0 Å². The van der Waals surface area contributed by atoms with Crippen molar-refractivity contribution in [2.75, 3.05) is 14.1 Å². The second-order valence-corrected chi connectivity index (χ2v) is 6.05. The molecule has 0 saturated heterocycles.